The zero-order valence-corrected chi connectivity index (χ0v) is 73.6. The van der Waals surface area contributed by atoms with Crippen molar-refractivity contribution in [3.63, 3.8) is 0 Å². The summed E-state index contributed by atoms with van der Waals surface area (Å²) in [4.78, 5) is 94.3. The molecule has 1 saturated carbocycles. The van der Waals surface area contributed by atoms with E-state index >= 15 is 0 Å². The van der Waals surface area contributed by atoms with Crippen molar-refractivity contribution in [1.29, 1.82) is 15.8 Å². The Morgan fingerprint density at radius 3 is 1.15 bits per heavy atom. The number of ether oxygens (including phenoxy) is 5. The van der Waals surface area contributed by atoms with Gasteiger partial charge in [0.15, 0.2) is 0 Å². The van der Waals surface area contributed by atoms with Gasteiger partial charge in [0.1, 0.15) is 42.6 Å². The average molecular weight is 1640 g/mol. The molecule has 5 N–H and O–H groups in total. The molecule has 4 unspecified atom stereocenters. The van der Waals surface area contributed by atoms with Gasteiger partial charge in [-0.1, -0.05) is 67.4 Å². The normalized spacial score (nSPS) is 13.0. The first-order chi connectivity index (χ1) is 57.7. The van der Waals surface area contributed by atoms with E-state index in [0.717, 1.165) is 181 Å². The number of hydrogen-bond acceptors (Lipinski definition) is 20. The first-order valence-corrected chi connectivity index (χ1v) is 42.0. The number of fused-ring (bicyclic) bond motifs is 1. The third-order valence-corrected chi connectivity index (χ3v) is 20.9. The fourth-order valence-electron chi connectivity index (χ4n) is 14.0. The van der Waals surface area contributed by atoms with E-state index < -0.39 is 48.8 Å². The van der Waals surface area contributed by atoms with E-state index in [0.29, 0.717) is 23.7 Å². The van der Waals surface area contributed by atoms with Gasteiger partial charge in [-0.15, -0.1) is 0 Å². The monoisotopic (exact) mass is 1640 g/mol. The Bertz CT molecular complexity index is 4550. The number of ketones is 2. The summed E-state index contributed by atoms with van der Waals surface area (Å²) in [5, 5.41) is 40.4. The third-order valence-electron chi connectivity index (χ3n) is 20.9. The Hall–Kier alpha value is -12.3. The predicted molar refractivity (Wildman–Crippen MR) is 482 cm³/mol. The van der Waals surface area contributed by atoms with Crippen LogP contribution in [0.5, 0.6) is 0 Å². The number of Topliss-reactive ketones (excluding diaryl/α,β-unsaturated/α-hetero) is 2. The van der Waals surface area contributed by atoms with Gasteiger partial charge in [-0.2, -0.15) is 15.8 Å². The minimum atomic E-state index is -0.587. The molecule has 1 fully saturated rings. The van der Waals surface area contributed by atoms with Gasteiger partial charge >= 0.3 is 30.5 Å². The largest absolute Gasteiger partial charge is 0.449 e. The van der Waals surface area contributed by atoms with Gasteiger partial charge in [0.2, 0.25) is 0 Å². The number of carbonyl (C=O) groups excluding carboxylic acids is 7. The first-order valence-electron chi connectivity index (χ1n) is 42.0. The second kappa shape index (κ2) is 52.5. The molecule has 25 heteroatoms. The van der Waals surface area contributed by atoms with Gasteiger partial charge in [0, 0.05) is 142 Å². The second-order valence-electron chi connectivity index (χ2n) is 29.2. The Morgan fingerprint density at radius 2 is 0.783 bits per heavy atom. The lowest BCUT2D eigenvalue weighted by Crippen LogP contribution is -2.28. The lowest BCUT2D eigenvalue weighted by molar-refractivity contribution is -0.121. The molecule has 2 aliphatic carbocycles. The molecule has 0 bridgehead atoms. The van der Waals surface area contributed by atoms with Gasteiger partial charge in [-0.05, 0) is 272 Å². The van der Waals surface area contributed by atoms with Crippen LogP contribution in [0.25, 0.3) is 0 Å². The third kappa shape index (κ3) is 32.2. The summed E-state index contributed by atoms with van der Waals surface area (Å²) in [6.07, 6.45) is 1.36. The minimum absolute atomic E-state index is 0.00237. The van der Waals surface area contributed by atoms with Crippen LogP contribution in [-0.2, 0) is 39.7 Å². The van der Waals surface area contributed by atoms with Crippen molar-refractivity contribution in [3.05, 3.63) is 190 Å². The van der Waals surface area contributed by atoms with Crippen LogP contribution in [0, 0.1) is 74.5 Å². The fraction of sp³-hybridized carbons (Fsp3) is 0.453. The Kier molecular flexibility index (Phi) is 43.0. The quantitative estimate of drug-likeness (QED) is 0.0245. The molecule has 7 aromatic carbocycles. The number of carbonyl (C=O) groups is 7. The highest BCUT2D eigenvalue weighted by molar-refractivity contribution is 5.90. The van der Waals surface area contributed by atoms with Gasteiger partial charge in [0.05, 0.1) is 37.5 Å². The van der Waals surface area contributed by atoms with Crippen molar-refractivity contribution < 1.29 is 57.2 Å². The molecule has 2 aliphatic rings. The van der Waals surface area contributed by atoms with Crippen molar-refractivity contribution in [2.45, 2.75) is 206 Å². The number of anilines is 10. The van der Waals surface area contributed by atoms with Gasteiger partial charge < -0.3 is 48.2 Å². The average Bonchev–Trinajstić information content (AvgIpc) is 0.815. The number of nitrogens with zero attached hydrogens (tertiary/aromatic N) is 8. The summed E-state index contributed by atoms with van der Waals surface area (Å²) in [7, 11) is 0. The van der Waals surface area contributed by atoms with Crippen LogP contribution < -0.4 is 51.1 Å². The van der Waals surface area contributed by atoms with Gasteiger partial charge in [-0.3, -0.25) is 36.2 Å². The number of hydrogen-bond donors (Lipinski definition) is 5. The van der Waals surface area contributed by atoms with E-state index in [-0.39, 0.29) is 56.4 Å². The summed E-state index contributed by atoms with van der Waals surface area (Å²) >= 11 is 0. The molecule has 5 amide bonds. The number of rotatable bonds is 32. The van der Waals surface area contributed by atoms with Crippen LogP contribution in [0.4, 0.5) is 80.8 Å². The van der Waals surface area contributed by atoms with Crippen molar-refractivity contribution in [1.82, 2.24) is 0 Å². The molecule has 120 heavy (non-hydrogen) atoms. The van der Waals surface area contributed by atoms with Crippen LogP contribution in [-0.4, -0.2) is 126 Å². The van der Waals surface area contributed by atoms with E-state index in [4.69, 9.17) is 39.5 Å². The maximum absolute atomic E-state index is 12.4. The molecule has 0 aromatic heterocycles. The van der Waals surface area contributed by atoms with Crippen LogP contribution in [0.2, 0.25) is 0 Å². The van der Waals surface area contributed by atoms with E-state index in [2.05, 4.69) is 145 Å². The molecule has 0 radical (unpaired) electrons. The maximum atomic E-state index is 12.4. The van der Waals surface area contributed by atoms with E-state index in [9.17, 15) is 33.6 Å². The zero-order chi connectivity index (χ0) is 88.2. The molecule has 0 saturated heterocycles. The summed E-state index contributed by atoms with van der Waals surface area (Å²) < 4.78 is 26.7. The van der Waals surface area contributed by atoms with Gasteiger partial charge in [0.25, 0.3) is 0 Å². The lowest BCUT2D eigenvalue weighted by Gasteiger charge is -2.25. The fourth-order valence-corrected chi connectivity index (χ4v) is 14.0. The molecular formula is C95H127N13O12. The predicted octanol–water partition coefficient (Wildman–Crippen LogP) is 21.6. The van der Waals surface area contributed by atoms with Crippen LogP contribution in [0.1, 0.15) is 198 Å². The number of amides is 5. The molecule has 0 aliphatic heterocycles. The number of nitrogens with one attached hydrogen (secondary N) is 5. The van der Waals surface area contributed by atoms with Gasteiger partial charge in [-0.25, -0.2) is 24.0 Å². The molecule has 0 spiro atoms. The zero-order valence-electron chi connectivity index (χ0n) is 73.6. The SMILES string of the molecule is CCN(CC)c1ccc(NC(=O)OC(C)CC#N)c(C)c1.CCN(CC)c1ccc(NC(=O)OC(CC#N)C2CCCC2)c(C)c1.CCN(CC)c1ccc(NC(=O)OC(CC#N)c2ccccc2)c(C)c1.CCN(CC)c1ccc(NC(=O)OC2CC(=O)Cc3ccccc32)c(C)c1.CCN(CC)c1ccc(NC(=O)OCCC(C)=O)c(C)c1. The smallest absolute Gasteiger partial charge is 0.412 e. The maximum Gasteiger partial charge on any atom is 0.412 e. The van der Waals surface area contributed by atoms with E-state index in [1.807, 2.05) is 174 Å². The summed E-state index contributed by atoms with van der Waals surface area (Å²) in [5.74, 6) is 0.408. The molecular weight excluding hydrogens is 1520 g/mol. The Morgan fingerprint density at radius 1 is 0.433 bits per heavy atom. The number of nitriles is 3. The van der Waals surface area contributed by atoms with E-state index in [1.54, 1.807) is 6.92 Å². The molecule has 0 heterocycles. The highest BCUT2D eigenvalue weighted by atomic mass is 16.6. The lowest BCUT2D eigenvalue weighted by atomic mass is 9.88. The molecule has 644 valence electrons. The standard InChI is InChI=1S/C22H26N2O3.C21H25N3O2.C20H29N3O2.C16H23N3O2.C16H24N2O3/c1-4-24(5-2)17-10-11-20(15(3)12-17)23-22(26)27-21-14-18(25)13-16-8-6-7-9-19(16)21;1-4-24(5-2)18-11-12-19(16(3)15-18)23-21(25)26-20(13-14-22)17-9-7-6-8-10-17;1-4-23(5-2)17-10-11-18(15(3)14-17)22-20(24)25-19(12-13-21)16-8-6-7-9-16;1-5-19(6-2)14-7-8-15(12(3)11-14)18-16(20)21-13(4)9-10-17;1-5-18(6-2)14-7-8-15(12(3)11-14)17-16(20)21-10-9-13(4)19/h6-12,21H,4-5,13-14H2,1-3H3,(H,23,26);6-12,15,20H,4-5,13H2,1-3H3,(H,23,25);10-11,14,16,19H,4-9,12H2,1-3H3,(H,22,24);7-8,11,13H,5-6,9H2,1-4H3,(H,18,20);7-8,11H,5-6,9-10H2,1-4H3,(H,17,20). The second-order valence-corrected chi connectivity index (χ2v) is 29.2. The Labute approximate surface area is 712 Å². The van der Waals surface area contributed by atoms with E-state index in [1.165, 1.54) is 6.92 Å². The Balaban J connectivity index is 0.000000268. The summed E-state index contributed by atoms with van der Waals surface area (Å²) in [6.45, 7) is 43.6. The number of benzene rings is 7. The minimum Gasteiger partial charge on any atom is -0.449 e. The van der Waals surface area contributed by atoms with Crippen LogP contribution in [0.15, 0.2) is 146 Å². The van der Waals surface area contributed by atoms with Crippen LogP contribution >= 0.6 is 0 Å². The summed E-state index contributed by atoms with van der Waals surface area (Å²) in [6, 6.07) is 52.8. The van der Waals surface area contributed by atoms with Crippen molar-refractivity contribution in [2.24, 2.45) is 5.92 Å². The molecule has 9 rings (SSSR count). The molecule has 7 aromatic rings. The highest BCUT2D eigenvalue weighted by Gasteiger charge is 2.30. The number of aryl methyl sites for hydroxylation is 5. The summed E-state index contributed by atoms with van der Waals surface area (Å²) in [5.41, 5.74) is 16.8. The van der Waals surface area contributed by atoms with Crippen molar-refractivity contribution in [3.8, 4) is 18.2 Å². The molecule has 4 atom stereocenters. The topological polar surface area (TPSA) is 313 Å². The van der Waals surface area contributed by atoms with Crippen molar-refractivity contribution >= 4 is 98.9 Å². The highest BCUT2D eigenvalue weighted by Crippen LogP contribution is 2.35. The first kappa shape index (κ1) is 98.3. The van der Waals surface area contributed by atoms with Crippen molar-refractivity contribution in [2.75, 3.05) is 123 Å². The molecule has 25 nitrogen and oxygen atoms in total. The van der Waals surface area contributed by atoms with Crippen LogP contribution in [0.3, 0.4) is 0 Å².